The summed E-state index contributed by atoms with van der Waals surface area (Å²) in [5, 5.41) is 0. The molecule has 1 aliphatic heterocycles. The first-order valence-corrected chi connectivity index (χ1v) is 5.21. The summed E-state index contributed by atoms with van der Waals surface area (Å²) in [7, 11) is 0. The van der Waals surface area contributed by atoms with Crippen LogP contribution in [0.15, 0.2) is 18.3 Å². The molecule has 0 radical (unpaired) electrons. The molecule has 0 aromatic carbocycles. The Morgan fingerprint density at radius 1 is 1.62 bits per heavy atom. The minimum absolute atomic E-state index is 0.0572. The quantitative estimate of drug-likeness (QED) is 0.835. The van der Waals surface area contributed by atoms with E-state index in [1.54, 1.807) is 18.3 Å². The van der Waals surface area contributed by atoms with E-state index in [2.05, 4.69) is 4.98 Å². The molecule has 0 aliphatic carbocycles. The number of anilines is 1. The van der Waals surface area contributed by atoms with Crippen molar-refractivity contribution in [1.82, 2.24) is 4.98 Å². The zero-order chi connectivity index (χ0) is 11.6. The number of nitrogens with two attached hydrogens (primary N) is 1. The molecule has 5 nitrogen and oxygen atoms in total. The summed E-state index contributed by atoms with van der Waals surface area (Å²) in [5.41, 5.74) is 6.24. The van der Waals surface area contributed by atoms with Crippen LogP contribution in [-0.2, 0) is 9.47 Å². The van der Waals surface area contributed by atoms with Gasteiger partial charge in [0, 0.05) is 18.0 Å². The third-order valence-electron chi connectivity index (χ3n) is 2.24. The van der Waals surface area contributed by atoms with E-state index < -0.39 is 5.79 Å². The second kappa shape index (κ2) is 4.27. The van der Waals surface area contributed by atoms with Gasteiger partial charge in [-0.05, 0) is 19.9 Å². The molecular weight excluding hydrogens is 208 g/mol. The van der Waals surface area contributed by atoms with Crippen LogP contribution in [0.2, 0.25) is 0 Å². The largest absolute Gasteiger partial charge is 0.475 e. The summed E-state index contributed by atoms with van der Waals surface area (Å²) < 4.78 is 16.5. The van der Waals surface area contributed by atoms with Crippen LogP contribution in [-0.4, -0.2) is 30.1 Å². The molecule has 88 valence electrons. The van der Waals surface area contributed by atoms with Crippen LogP contribution >= 0.6 is 0 Å². The lowest BCUT2D eigenvalue weighted by Gasteiger charge is -2.17. The molecule has 2 heterocycles. The number of hydrogen-bond donors (Lipinski definition) is 1. The van der Waals surface area contributed by atoms with Crippen LogP contribution in [0.25, 0.3) is 0 Å². The van der Waals surface area contributed by atoms with E-state index in [0.29, 0.717) is 24.8 Å². The normalized spacial score (nSPS) is 23.2. The first-order valence-electron chi connectivity index (χ1n) is 5.21. The van der Waals surface area contributed by atoms with Gasteiger partial charge < -0.3 is 19.9 Å². The lowest BCUT2D eigenvalue weighted by molar-refractivity contribution is -0.141. The SMILES string of the molecule is CC1(C)OCC(COc2cc(N)ccn2)O1. The number of pyridine rings is 1. The Kier molecular flexibility index (Phi) is 2.98. The van der Waals surface area contributed by atoms with Crippen molar-refractivity contribution in [2.24, 2.45) is 0 Å². The van der Waals surface area contributed by atoms with Gasteiger partial charge in [-0.3, -0.25) is 0 Å². The Morgan fingerprint density at radius 3 is 3.06 bits per heavy atom. The first kappa shape index (κ1) is 11.2. The second-order valence-corrected chi connectivity index (χ2v) is 4.19. The maximum Gasteiger partial charge on any atom is 0.215 e. The van der Waals surface area contributed by atoms with Crippen LogP contribution in [0.3, 0.4) is 0 Å². The lowest BCUT2D eigenvalue weighted by Crippen LogP contribution is -2.25. The smallest absolute Gasteiger partial charge is 0.215 e. The van der Waals surface area contributed by atoms with Crippen LogP contribution in [0.5, 0.6) is 5.88 Å². The fraction of sp³-hybridized carbons (Fsp3) is 0.545. The van der Waals surface area contributed by atoms with Gasteiger partial charge in [0.1, 0.15) is 12.7 Å². The van der Waals surface area contributed by atoms with E-state index >= 15 is 0 Å². The van der Waals surface area contributed by atoms with E-state index in [-0.39, 0.29) is 6.10 Å². The topological polar surface area (TPSA) is 66.6 Å². The summed E-state index contributed by atoms with van der Waals surface area (Å²) in [5.74, 6) is -0.00900. The average molecular weight is 224 g/mol. The molecule has 0 saturated carbocycles. The number of nitrogen functional groups attached to an aromatic ring is 1. The Labute approximate surface area is 94.5 Å². The van der Waals surface area contributed by atoms with Crippen LogP contribution in [0.1, 0.15) is 13.8 Å². The molecule has 1 saturated heterocycles. The molecule has 16 heavy (non-hydrogen) atoms. The molecule has 1 unspecified atom stereocenters. The zero-order valence-electron chi connectivity index (χ0n) is 9.47. The Bertz CT molecular complexity index is 368. The third kappa shape index (κ3) is 2.84. The van der Waals surface area contributed by atoms with Crippen molar-refractivity contribution in [3.05, 3.63) is 18.3 Å². The molecule has 5 heteroatoms. The zero-order valence-corrected chi connectivity index (χ0v) is 9.47. The summed E-state index contributed by atoms with van der Waals surface area (Å²) in [6.45, 7) is 4.71. The van der Waals surface area contributed by atoms with Crippen LogP contribution < -0.4 is 10.5 Å². The maximum atomic E-state index is 5.61. The fourth-order valence-electron chi connectivity index (χ4n) is 1.53. The number of nitrogens with zero attached hydrogens (tertiary/aromatic N) is 1. The summed E-state index contributed by atoms with van der Waals surface area (Å²) >= 11 is 0. The predicted octanol–water partition coefficient (Wildman–Crippen LogP) is 1.19. The highest BCUT2D eigenvalue weighted by molar-refractivity contribution is 5.39. The van der Waals surface area contributed by atoms with Crippen molar-refractivity contribution < 1.29 is 14.2 Å². The highest BCUT2D eigenvalue weighted by Crippen LogP contribution is 2.22. The van der Waals surface area contributed by atoms with E-state index in [1.165, 1.54) is 0 Å². The minimum Gasteiger partial charge on any atom is -0.475 e. The van der Waals surface area contributed by atoms with Gasteiger partial charge in [-0.15, -0.1) is 0 Å². The Morgan fingerprint density at radius 2 is 2.44 bits per heavy atom. The second-order valence-electron chi connectivity index (χ2n) is 4.19. The third-order valence-corrected chi connectivity index (χ3v) is 2.24. The Hall–Kier alpha value is -1.33. The van der Waals surface area contributed by atoms with E-state index in [4.69, 9.17) is 19.9 Å². The first-order chi connectivity index (χ1) is 7.55. The van der Waals surface area contributed by atoms with Gasteiger partial charge in [0.15, 0.2) is 5.79 Å². The van der Waals surface area contributed by atoms with Gasteiger partial charge in [-0.2, -0.15) is 0 Å². The molecule has 2 rings (SSSR count). The Balaban J connectivity index is 1.84. The van der Waals surface area contributed by atoms with Gasteiger partial charge in [-0.25, -0.2) is 4.98 Å². The van der Waals surface area contributed by atoms with Crippen molar-refractivity contribution in [3.8, 4) is 5.88 Å². The molecule has 1 fully saturated rings. The molecule has 1 atom stereocenters. The van der Waals surface area contributed by atoms with E-state index in [0.717, 1.165) is 0 Å². The lowest BCUT2D eigenvalue weighted by atomic mass is 10.4. The van der Waals surface area contributed by atoms with Crippen molar-refractivity contribution >= 4 is 5.69 Å². The van der Waals surface area contributed by atoms with Crippen LogP contribution in [0.4, 0.5) is 5.69 Å². The average Bonchev–Trinajstić information content (AvgIpc) is 2.56. The molecule has 0 bridgehead atoms. The highest BCUT2D eigenvalue weighted by atomic mass is 16.7. The van der Waals surface area contributed by atoms with Crippen molar-refractivity contribution in [3.63, 3.8) is 0 Å². The molecular formula is C11H16N2O3. The predicted molar refractivity (Wildman–Crippen MR) is 59.0 cm³/mol. The van der Waals surface area contributed by atoms with Crippen molar-refractivity contribution in [1.29, 1.82) is 0 Å². The minimum atomic E-state index is -0.517. The summed E-state index contributed by atoms with van der Waals surface area (Å²) in [4.78, 5) is 4.04. The molecule has 2 N–H and O–H groups in total. The summed E-state index contributed by atoms with van der Waals surface area (Å²) in [6, 6.07) is 3.39. The van der Waals surface area contributed by atoms with E-state index in [1.807, 2.05) is 13.8 Å². The van der Waals surface area contributed by atoms with Gasteiger partial charge in [0.25, 0.3) is 0 Å². The maximum absolute atomic E-state index is 5.61. The van der Waals surface area contributed by atoms with Gasteiger partial charge >= 0.3 is 0 Å². The molecule has 0 amide bonds. The monoisotopic (exact) mass is 224 g/mol. The van der Waals surface area contributed by atoms with Gasteiger partial charge in [0.2, 0.25) is 5.88 Å². The standard InChI is InChI=1S/C11H16N2O3/c1-11(2)15-7-9(16-11)6-14-10-5-8(12)3-4-13-10/h3-5,9H,6-7H2,1-2H3,(H2,12,13). The van der Waals surface area contributed by atoms with Gasteiger partial charge in [-0.1, -0.05) is 0 Å². The van der Waals surface area contributed by atoms with Gasteiger partial charge in [0.05, 0.1) is 6.61 Å². The number of rotatable bonds is 3. The number of ether oxygens (including phenoxy) is 3. The summed E-state index contributed by atoms with van der Waals surface area (Å²) in [6.07, 6.45) is 1.55. The number of hydrogen-bond acceptors (Lipinski definition) is 5. The highest BCUT2D eigenvalue weighted by Gasteiger charge is 2.32. The molecule has 1 aromatic heterocycles. The number of aromatic nitrogens is 1. The molecule has 1 aromatic rings. The molecule has 1 aliphatic rings. The van der Waals surface area contributed by atoms with Crippen LogP contribution in [0, 0.1) is 0 Å². The van der Waals surface area contributed by atoms with Crippen molar-refractivity contribution in [2.75, 3.05) is 18.9 Å². The van der Waals surface area contributed by atoms with Crippen molar-refractivity contribution in [2.45, 2.75) is 25.7 Å². The fourth-order valence-corrected chi connectivity index (χ4v) is 1.53. The molecule has 0 spiro atoms. The van der Waals surface area contributed by atoms with E-state index in [9.17, 15) is 0 Å².